The Morgan fingerprint density at radius 3 is 1.39 bits per heavy atom. The molecule has 0 saturated carbocycles. The number of hydrogen-bond donors (Lipinski definition) is 0. The summed E-state index contributed by atoms with van der Waals surface area (Å²) in [4.78, 5) is 0. The summed E-state index contributed by atoms with van der Waals surface area (Å²) in [7, 11) is 0. The van der Waals surface area contributed by atoms with E-state index in [0.29, 0.717) is 11.8 Å². The predicted octanol–water partition coefficient (Wildman–Crippen LogP) is 4.31. The SMILES string of the molecule is CC([C](=[Zr])C(C)c1ccccc1)c1ccccc1. The second kappa shape index (κ2) is 6.39. The van der Waals surface area contributed by atoms with Gasteiger partial charge in [-0.05, 0) is 0 Å². The number of hydrogen-bond acceptors (Lipinski definition) is 0. The topological polar surface area (TPSA) is 0 Å². The van der Waals surface area contributed by atoms with Gasteiger partial charge in [-0.1, -0.05) is 0 Å². The standard InChI is InChI=1S/C17H18.Zr/c1-14(16-9-5-3-6-10-16)13-15(2)17-11-7-4-8-12-17;/h3-12,14-15H,1-2H3;. The molecule has 0 bridgehead atoms. The van der Waals surface area contributed by atoms with E-state index < -0.39 is 0 Å². The van der Waals surface area contributed by atoms with Gasteiger partial charge in [-0.3, -0.25) is 0 Å². The molecular formula is C17H18Zr. The fourth-order valence-electron chi connectivity index (χ4n) is 2.22. The van der Waals surface area contributed by atoms with Gasteiger partial charge in [0.2, 0.25) is 0 Å². The van der Waals surface area contributed by atoms with Crippen molar-refractivity contribution < 1.29 is 24.2 Å². The Balaban J connectivity index is 2.17. The Hall–Kier alpha value is -0.807. The monoisotopic (exact) mass is 312 g/mol. The molecule has 2 rings (SSSR count). The maximum absolute atomic E-state index is 2.32. The fraction of sp³-hybridized carbons (Fsp3) is 0.235. The molecule has 0 aliphatic heterocycles. The zero-order valence-electron chi connectivity index (χ0n) is 10.9. The third-order valence-electron chi connectivity index (χ3n) is 3.53. The van der Waals surface area contributed by atoms with Gasteiger partial charge < -0.3 is 0 Å². The molecular weight excluding hydrogens is 295 g/mol. The van der Waals surface area contributed by atoms with Crippen molar-refractivity contribution in [2.75, 3.05) is 0 Å². The van der Waals surface area contributed by atoms with Gasteiger partial charge in [0, 0.05) is 0 Å². The van der Waals surface area contributed by atoms with Crippen LogP contribution in [-0.2, 0) is 24.2 Å². The second-order valence-corrected chi connectivity index (χ2v) is 6.14. The van der Waals surface area contributed by atoms with E-state index in [0.717, 1.165) is 0 Å². The van der Waals surface area contributed by atoms with E-state index >= 15 is 0 Å². The normalized spacial score (nSPS) is 13.8. The molecule has 0 radical (unpaired) electrons. The Morgan fingerprint density at radius 2 is 1.06 bits per heavy atom. The van der Waals surface area contributed by atoms with Gasteiger partial charge in [0.05, 0.1) is 0 Å². The van der Waals surface area contributed by atoms with Gasteiger partial charge in [-0.2, -0.15) is 0 Å². The van der Waals surface area contributed by atoms with E-state index in [-0.39, 0.29) is 0 Å². The minimum absolute atomic E-state index is 0.541. The summed E-state index contributed by atoms with van der Waals surface area (Å²) in [6.07, 6.45) is 0. The third-order valence-corrected chi connectivity index (χ3v) is 5.66. The molecule has 0 amide bonds. The molecule has 1 heteroatoms. The summed E-state index contributed by atoms with van der Waals surface area (Å²) in [5.74, 6) is 1.08. The van der Waals surface area contributed by atoms with Crippen molar-refractivity contribution in [2.45, 2.75) is 25.7 Å². The van der Waals surface area contributed by atoms with Crippen LogP contribution in [0, 0.1) is 0 Å². The van der Waals surface area contributed by atoms with E-state index in [9.17, 15) is 0 Å². The zero-order valence-corrected chi connectivity index (χ0v) is 13.4. The average molecular weight is 314 g/mol. The second-order valence-electron chi connectivity index (χ2n) is 4.72. The van der Waals surface area contributed by atoms with Crippen LogP contribution in [0.15, 0.2) is 60.7 Å². The molecule has 2 unspecified atom stereocenters. The molecule has 0 fully saturated rings. The molecule has 2 aromatic carbocycles. The molecule has 0 aromatic heterocycles. The Morgan fingerprint density at radius 1 is 0.722 bits per heavy atom. The van der Waals surface area contributed by atoms with E-state index in [4.69, 9.17) is 0 Å². The molecule has 0 aliphatic carbocycles. The Bertz CT molecular complexity index is 454. The summed E-state index contributed by atoms with van der Waals surface area (Å²) in [6.45, 7) is 4.64. The van der Waals surface area contributed by atoms with Crippen LogP contribution in [0.2, 0.25) is 0 Å². The van der Waals surface area contributed by atoms with Crippen molar-refractivity contribution in [3.8, 4) is 0 Å². The van der Waals surface area contributed by atoms with E-state index in [1.807, 2.05) is 0 Å². The molecule has 0 N–H and O–H groups in total. The molecule has 2 atom stereocenters. The van der Waals surface area contributed by atoms with Gasteiger partial charge >= 0.3 is 125 Å². The molecule has 90 valence electrons. The predicted molar refractivity (Wildman–Crippen MR) is 74.7 cm³/mol. The fourth-order valence-corrected chi connectivity index (χ4v) is 3.04. The first-order chi connectivity index (χ1) is 8.70. The van der Waals surface area contributed by atoms with Crippen LogP contribution in [0.3, 0.4) is 0 Å². The van der Waals surface area contributed by atoms with Crippen LogP contribution in [0.5, 0.6) is 0 Å². The summed E-state index contributed by atoms with van der Waals surface area (Å²) >= 11 is 1.54. The van der Waals surface area contributed by atoms with Gasteiger partial charge in [0.15, 0.2) is 0 Å². The van der Waals surface area contributed by atoms with Crippen LogP contribution in [0.1, 0.15) is 36.8 Å². The molecule has 2 aromatic rings. The van der Waals surface area contributed by atoms with Crippen LogP contribution in [0.4, 0.5) is 0 Å². The van der Waals surface area contributed by atoms with Gasteiger partial charge in [0.1, 0.15) is 0 Å². The summed E-state index contributed by atoms with van der Waals surface area (Å²) in [5.41, 5.74) is 2.85. The summed E-state index contributed by atoms with van der Waals surface area (Å²) in [6, 6.07) is 21.6. The van der Waals surface area contributed by atoms with Gasteiger partial charge in [-0.25, -0.2) is 0 Å². The Kier molecular flexibility index (Phi) is 4.83. The number of rotatable bonds is 4. The van der Waals surface area contributed by atoms with Crippen LogP contribution in [-0.4, -0.2) is 3.21 Å². The molecule has 18 heavy (non-hydrogen) atoms. The van der Waals surface area contributed by atoms with Crippen LogP contribution >= 0.6 is 0 Å². The zero-order chi connectivity index (χ0) is 13.0. The average Bonchev–Trinajstić information content (AvgIpc) is 2.47. The van der Waals surface area contributed by atoms with Crippen LogP contribution in [0.25, 0.3) is 0 Å². The maximum atomic E-state index is 2.32. The van der Waals surface area contributed by atoms with E-state index in [1.165, 1.54) is 11.1 Å². The molecule has 0 saturated heterocycles. The molecule has 0 nitrogen and oxygen atoms in total. The van der Waals surface area contributed by atoms with E-state index in [2.05, 4.69) is 74.5 Å². The summed E-state index contributed by atoms with van der Waals surface area (Å²) in [5, 5.41) is 0. The molecule has 0 heterocycles. The summed E-state index contributed by atoms with van der Waals surface area (Å²) < 4.78 is 1.61. The van der Waals surface area contributed by atoms with Crippen molar-refractivity contribution >= 4 is 3.21 Å². The van der Waals surface area contributed by atoms with Crippen molar-refractivity contribution in [2.24, 2.45) is 0 Å². The van der Waals surface area contributed by atoms with E-state index in [1.54, 1.807) is 27.4 Å². The molecule has 0 aliphatic rings. The number of benzene rings is 2. The van der Waals surface area contributed by atoms with Gasteiger partial charge in [-0.15, -0.1) is 0 Å². The van der Waals surface area contributed by atoms with Crippen molar-refractivity contribution in [1.82, 2.24) is 0 Å². The van der Waals surface area contributed by atoms with Crippen LogP contribution < -0.4 is 0 Å². The van der Waals surface area contributed by atoms with Crippen molar-refractivity contribution in [3.05, 3.63) is 71.8 Å². The minimum atomic E-state index is 0.541. The van der Waals surface area contributed by atoms with Crippen molar-refractivity contribution in [3.63, 3.8) is 0 Å². The quantitative estimate of drug-likeness (QED) is 0.789. The Labute approximate surface area is 124 Å². The first-order valence-electron chi connectivity index (χ1n) is 6.38. The van der Waals surface area contributed by atoms with Gasteiger partial charge in [0.25, 0.3) is 0 Å². The molecule has 0 spiro atoms. The third kappa shape index (κ3) is 3.15. The first-order valence-corrected chi connectivity index (χ1v) is 7.61. The van der Waals surface area contributed by atoms with Crippen molar-refractivity contribution in [1.29, 1.82) is 0 Å². The first kappa shape index (κ1) is 13.6.